The van der Waals surface area contributed by atoms with Crippen LogP contribution in [0.25, 0.3) is 0 Å². The molecule has 94 valence electrons. The molecule has 1 aliphatic rings. The number of thioether (sulfide) groups is 1. The van der Waals surface area contributed by atoms with Gasteiger partial charge in [-0.2, -0.15) is 16.1 Å². The highest BCUT2D eigenvalue weighted by Crippen LogP contribution is 2.24. The van der Waals surface area contributed by atoms with Crippen molar-refractivity contribution in [2.45, 2.75) is 4.90 Å². The van der Waals surface area contributed by atoms with Crippen molar-refractivity contribution in [2.75, 3.05) is 37.0 Å². The molecule has 0 amide bonds. The molecule has 0 bridgehead atoms. The summed E-state index contributed by atoms with van der Waals surface area (Å²) in [4.78, 5) is 4.29. The molecule has 1 aromatic rings. The zero-order valence-electron chi connectivity index (χ0n) is 9.59. The summed E-state index contributed by atoms with van der Waals surface area (Å²) < 4.78 is 26.3. The quantitative estimate of drug-likeness (QED) is 0.885. The van der Waals surface area contributed by atoms with Crippen molar-refractivity contribution in [1.29, 1.82) is 0 Å². The van der Waals surface area contributed by atoms with Crippen LogP contribution in [-0.2, 0) is 10.0 Å². The number of aromatic nitrogens is 1. The molecule has 0 unspecified atom stereocenters. The molecule has 0 radical (unpaired) electrons. The number of hydrogen-bond donors (Lipinski definition) is 1. The highest BCUT2D eigenvalue weighted by atomic mass is 32.2. The molecule has 1 saturated heterocycles. The monoisotopic (exact) mass is 273 g/mol. The first-order chi connectivity index (χ1) is 8.16. The van der Waals surface area contributed by atoms with Crippen LogP contribution in [0.2, 0.25) is 0 Å². The van der Waals surface area contributed by atoms with Gasteiger partial charge in [-0.05, 0) is 12.1 Å². The molecule has 1 aliphatic heterocycles. The standard InChI is InChI=1S/C10H15N3O2S2/c1-11-10-9(3-2-4-12-10)17(14,15)13-5-7-16-8-6-13/h2-4H,5-8H2,1H3,(H,11,12). The second kappa shape index (κ2) is 5.24. The van der Waals surface area contributed by atoms with Gasteiger partial charge in [0, 0.05) is 37.8 Å². The van der Waals surface area contributed by atoms with Crippen molar-refractivity contribution < 1.29 is 8.42 Å². The first kappa shape index (κ1) is 12.7. The molecule has 0 saturated carbocycles. The van der Waals surface area contributed by atoms with Gasteiger partial charge in [0.2, 0.25) is 10.0 Å². The van der Waals surface area contributed by atoms with E-state index in [0.717, 1.165) is 11.5 Å². The van der Waals surface area contributed by atoms with E-state index in [-0.39, 0.29) is 4.90 Å². The molecule has 1 fully saturated rings. The van der Waals surface area contributed by atoms with E-state index in [2.05, 4.69) is 10.3 Å². The highest BCUT2D eigenvalue weighted by Gasteiger charge is 2.28. The maximum Gasteiger partial charge on any atom is 0.246 e. The van der Waals surface area contributed by atoms with E-state index < -0.39 is 10.0 Å². The smallest absolute Gasteiger partial charge is 0.246 e. The second-order valence-corrected chi connectivity index (χ2v) is 6.75. The van der Waals surface area contributed by atoms with E-state index >= 15 is 0 Å². The number of hydrogen-bond acceptors (Lipinski definition) is 5. The number of pyridine rings is 1. The molecular weight excluding hydrogens is 258 g/mol. The number of anilines is 1. The van der Waals surface area contributed by atoms with Crippen molar-refractivity contribution >= 4 is 27.6 Å². The summed E-state index contributed by atoms with van der Waals surface area (Å²) in [6.07, 6.45) is 1.58. The minimum Gasteiger partial charge on any atom is -0.372 e. The Bertz CT molecular complexity index is 484. The fourth-order valence-corrected chi connectivity index (χ4v) is 4.44. The third-order valence-corrected chi connectivity index (χ3v) is 5.47. The van der Waals surface area contributed by atoms with Crippen LogP contribution in [-0.4, -0.2) is 49.3 Å². The fourth-order valence-electron chi connectivity index (χ4n) is 1.71. The highest BCUT2D eigenvalue weighted by molar-refractivity contribution is 7.99. The van der Waals surface area contributed by atoms with Gasteiger partial charge in [0.1, 0.15) is 10.7 Å². The van der Waals surface area contributed by atoms with Gasteiger partial charge in [0.05, 0.1) is 0 Å². The molecule has 0 spiro atoms. The summed E-state index contributed by atoms with van der Waals surface area (Å²) in [5.41, 5.74) is 0. The largest absolute Gasteiger partial charge is 0.372 e. The van der Waals surface area contributed by atoms with Crippen molar-refractivity contribution in [3.63, 3.8) is 0 Å². The van der Waals surface area contributed by atoms with Crippen LogP contribution in [0.5, 0.6) is 0 Å². The maximum absolute atomic E-state index is 12.4. The summed E-state index contributed by atoms with van der Waals surface area (Å²) in [6.45, 7) is 1.15. The number of sulfonamides is 1. The lowest BCUT2D eigenvalue weighted by atomic mass is 10.5. The Labute approximate surface area is 106 Å². The topological polar surface area (TPSA) is 62.3 Å². The Balaban J connectivity index is 2.36. The zero-order chi connectivity index (χ0) is 12.3. The Morgan fingerprint density at radius 2 is 2.12 bits per heavy atom. The van der Waals surface area contributed by atoms with E-state index in [9.17, 15) is 8.42 Å². The Hall–Kier alpha value is -0.790. The zero-order valence-corrected chi connectivity index (χ0v) is 11.2. The minimum absolute atomic E-state index is 0.259. The van der Waals surface area contributed by atoms with Gasteiger partial charge in [0.15, 0.2) is 0 Å². The lowest BCUT2D eigenvalue weighted by Crippen LogP contribution is -2.38. The molecule has 2 rings (SSSR count). The molecule has 7 heteroatoms. The molecule has 17 heavy (non-hydrogen) atoms. The van der Waals surface area contributed by atoms with Gasteiger partial charge in [-0.3, -0.25) is 0 Å². The van der Waals surface area contributed by atoms with Gasteiger partial charge < -0.3 is 5.32 Å². The summed E-state index contributed by atoms with van der Waals surface area (Å²) in [7, 11) is -1.74. The van der Waals surface area contributed by atoms with Gasteiger partial charge in [-0.15, -0.1) is 0 Å². The van der Waals surface area contributed by atoms with Crippen molar-refractivity contribution in [2.24, 2.45) is 0 Å². The van der Waals surface area contributed by atoms with Crippen LogP contribution in [0, 0.1) is 0 Å². The Morgan fingerprint density at radius 3 is 2.76 bits per heavy atom. The van der Waals surface area contributed by atoms with Crippen molar-refractivity contribution in [3.8, 4) is 0 Å². The maximum atomic E-state index is 12.4. The first-order valence-electron chi connectivity index (χ1n) is 5.37. The third kappa shape index (κ3) is 2.56. The van der Waals surface area contributed by atoms with E-state index in [1.165, 1.54) is 4.31 Å². The molecule has 0 aromatic carbocycles. The molecule has 5 nitrogen and oxygen atoms in total. The van der Waals surface area contributed by atoms with Gasteiger partial charge in [0.25, 0.3) is 0 Å². The number of rotatable bonds is 3. The molecule has 2 heterocycles. The van der Waals surface area contributed by atoms with E-state index in [1.807, 2.05) is 0 Å². The summed E-state index contributed by atoms with van der Waals surface area (Å²) in [5, 5.41) is 2.82. The summed E-state index contributed by atoms with van der Waals surface area (Å²) in [6, 6.07) is 3.24. The fraction of sp³-hybridized carbons (Fsp3) is 0.500. The minimum atomic E-state index is -3.41. The average molecular weight is 273 g/mol. The third-order valence-electron chi connectivity index (χ3n) is 2.60. The molecule has 1 N–H and O–H groups in total. The SMILES string of the molecule is CNc1ncccc1S(=O)(=O)N1CCSCC1. The van der Waals surface area contributed by atoms with Crippen LogP contribution < -0.4 is 5.32 Å². The molecular formula is C10H15N3O2S2. The predicted octanol–water partition coefficient (Wildman–Crippen LogP) is 0.861. The van der Waals surface area contributed by atoms with E-state index in [1.54, 1.807) is 37.1 Å². The number of nitrogens with one attached hydrogen (secondary N) is 1. The van der Waals surface area contributed by atoms with E-state index in [0.29, 0.717) is 18.9 Å². The molecule has 1 aromatic heterocycles. The van der Waals surface area contributed by atoms with Gasteiger partial charge in [-0.25, -0.2) is 13.4 Å². The first-order valence-corrected chi connectivity index (χ1v) is 7.96. The van der Waals surface area contributed by atoms with Crippen molar-refractivity contribution in [1.82, 2.24) is 9.29 Å². The Kier molecular flexibility index (Phi) is 3.90. The lowest BCUT2D eigenvalue weighted by molar-refractivity contribution is 0.443. The molecule has 0 aliphatic carbocycles. The van der Waals surface area contributed by atoms with Crippen LogP contribution in [0.1, 0.15) is 0 Å². The number of nitrogens with zero attached hydrogens (tertiary/aromatic N) is 2. The summed E-state index contributed by atoms with van der Waals surface area (Å²) in [5.74, 6) is 2.12. The van der Waals surface area contributed by atoms with Crippen LogP contribution in [0.3, 0.4) is 0 Å². The van der Waals surface area contributed by atoms with Gasteiger partial charge >= 0.3 is 0 Å². The lowest BCUT2D eigenvalue weighted by Gasteiger charge is -2.26. The van der Waals surface area contributed by atoms with Crippen molar-refractivity contribution in [3.05, 3.63) is 18.3 Å². The molecule has 0 atom stereocenters. The van der Waals surface area contributed by atoms with Crippen LogP contribution in [0.15, 0.2) is 23.2 Å². The normalized spacial score (nSPS) is 17.9. The van der Waals surface area contributed by atoms with Gasteiger partial charge in [-0.1, -0.05) is 0 Å². The predicted molar refractivity (Wildman–Crippen MR) is 69.9 cm³/mol. The second-order valence-electron chi connectivity index (χ2n) is 3.62. The van der Waals surface area contributed by atoms with Crippen LogP contribution in [0.4, 0.5) is 5.82 Å². The van der Waals surface area contributed by atoms with Crippen LogP contribution >= 0.6 is 11.8 Å². The van der Waals surface area contributed by atoms with E-state index in [4.69, 9.17) is 0 Å². The summed E-state index contributed by atoms with van der Waals surface area (Å²) >= 11 is 1.78. The Morgan fingerprint density at radius 1 is 1.41 bits per heavy atom. The average Bonchev–Trinajstić information content (AvgIpc) is 2.39.